The van der Waals surface area contributed by atoms with E-state index in [1.165, 1.54) is 16.8 Å². The Hall–Kier alpha value is -3.41. The number of hydrogen-bond acceptors (Lipinski definition) is 6. The number of ether oxygens (including phenoxy) is 2. The highest BCUT2D eigenvalue weighted by Gasteiger charge is 2.39. The van der Waals surface area contributed by atoms with Crippen LogP contribution in [0.1, 0.15) is 67.8 Å². The van der Waals surface area contributed by atoms with Crippen LogP contribution in [0.5, 0.6) is 0 Å². The molecular formula is C27H29ClF4N4O4. The fourth-order valence-electron chi connectivity index (χ4n) is 4.82. The van der Waals surface area contributed by atoms with E-state index in [1.807, 2.05) is 6.07 Å². The summed E-state index contributed by atoms with van der Waals surface area (Å²) in [6.45, 7) is 1.56. The maximum atomic E-state index is 13.9. The molecule has 4 rings (SSSR count). The number of alkyl halides is 4. The molecule has 0 unspecified atom stereocenters. The lowest BCUT2D eigenvalue weighted by Gasteiger charge is -2.33. The highest BCUT2D eigenvalue weighted by Crippen LogP contribution is 2.41. The Kier molecular flexibility index (Phi) is 9.49. The zero-order valence-corrected chi connectivity index (χ0v) is 22.4. The second-order valence-corrected chi connectivity index (χ2v) is 10.0. The quantitative estimate of drug-likeness (QED) is 0.217. The summed E-state index contributed by atoms with van der Waals surface area (Å²) in [6.07, 6.45) is -3.33. The van der Waals surface area contributed by atoms with E-state index in [1.54, 1.807) is 31.2 Å². The van der Waals surface area contributed by atoms with Gasteiger partial charge in [-0.3, -0.25) is 4.79 Å². The van der Waals surface area contributed by atoms with Gasteiger partial charge in [-0.05, 0) is 37.3 Å². The molecule has 1 fully saturated rings. The van der Waals surface area contributed by atoms with Crippen LogP contribution in [-0.2, 0) is 20.9 Å². The van der Waals surface area contributed by atoms with Crippen LogP contribution in [0.25, 0.3) is 5.65 Å². The molecule has 1 saturated carbocycles. The molecule has 0 radical (unpaired) electrons. The van der Waals surface area contributed by atoms with E-state index in [9.17, 15) is 27.2 Å². The van der Waals surface area contributed by atoms with Gasteiger partial charge in [0.15, 0.2) is 10.8 Å². The Morgan fingerprint density at radius 3 is 2.52 bits per heavy atom. The first-order chi connectivity index (χ1) is 19.1. The summed E-state index contributed by atoms with van der Waals surface area (Å²) in [6, 6.07) is 9.59. The van der Waals surface area contributed by atoms with Gasteiger partial charge in [-0.15, -0.1) is 0 Å². The van der Waals surface area contributed by atoms with Crippen LogP contribution in [0.2, 0.25) is 5.15 Å². The zero-order chi connectivity index (χ0) is 28.9. The van der Waals surface area contributed by atoms with Gasteiger partial charge in [0.05, 0.1) is 30.5 Å². The Morgan fingerprint density at radius 2 is 1.88 bits per heavy atom. The van der Waals surface area contributed by atoms with Gasteiger partial charge in [0.1, 0.15) is 6.61 Å². The van der Waals surface area contributed by atoms with Crippen LogP contribution in [0, 0.1) is 5.92 Å². The van der Waals surface area contributed by atoms with Gasteiger partial charge in [0.2, 0.25) is 12.3 Å². The van der Waals surface area contributed by atoms with Gasteiger partial charge >= 0.3 is 12.1 Å². The second-order valence-electron chi connectivity index (χ2n) is 9.67. The monoisotopic (exact) mass is 584 g/mol. The molecule has 3 aromatic rings. The smallest absolute Gasteiger partial charge is 0.408 e. The predicted molar refractivity (Wildman–Crippen MR) is 137 cm³/mol. The third-order valence-electron chi connectivity index (χ3n) is 6.85. The number of esters is 1. The highest BCUT2D eigenvalue weighted by molar-refractivity contribution is 6.30. The molecule has 0 bridgehead atoms. The summed E-state index contributed by atoms with van der Waals surface area (Å²) in [5.74, 6) is -5.40. The number of halogens is 5. The van der Waals surface area contributed by atoms with Crippen molar-refractivity contribution in [2.75, 3.05) is 6.61 Å². The van der Waals surface area contributed by atoms with Gasteiger partial charge in [-0.2, -0.15) is 5.10 Å². The molecule has 13 heteroatoms. The van der Waals surface area contributed by atoms with Crippen molar-refractivity contribution >= 4 is 29.3 Å². The summed E-state index contributed by atoms with van der Waals surface area (Å²) >= 11 is 6.29. The van der Waals surface area contributed by atoms with Crippen molar-refractivity contribution in [2.45, 2.75) is 69.9 Å². The number of amides is 1. The molecule has 0 spiro atoms. The van der Waals surface area contributed by atoms with Crippen LogP contribution in [0.3, 0.4) is 0 Å². The minimum absolute atomic E-state index is 0.00640. The van der Waals surface area contributed by atoms with E-state index in [0.29, 0.717) is 5.69 Å². The molecule has 0 saturated heterocycles. The SMILES string of the molecule is CCOC(=O)[C@@H](CC(F)F)c1cc2nc([C@@H](NC(=O)OCc3ccccc3)C3CCC(F)(F)CC3)cn2nc1Cl. The third-order valence-corrected chi connectivity index (χ3v) is 7.14. The average Bonchev–Trinajstić information content (AvgIpc) is 3.32. The van der Waals surface area contributed by atoms with E-state index in [4.69, 9.17) is 21.1 Å². The molecule has 216 valence electrons. The summed E-state index contributed by atoms with van der Waals surface area (Å²) in [4.78, 5) is 29.7. The Labute approximate surface area is 233 Å². The van der Waals surface area contributed by atoms with Crippen molar-refractivity contribution in [3.8, 4) is 0 Å². The van der Waals surface area contributed by atoms with E-state index in [2.05, 4.69) is 15.4 Å². The van der Waals surface area contributed by atoms with E-state index >= 15 is 0 Å². The van der Waals surface area contributed by atoms with Crippen LogP contribution < -0.4 is 5.32 Å². The molecule has 2 heterocycles. The number of rotatable bonds is 10. The van der Waals surface area contributed by atoms with Crippen molar-refractivity contribution in [1.29, 1.82) is 0 Å². The fraction of sp³-hybridized carbons (Fsp3) is 0.481. The lowest BCUT2D eigenvalue weighted by atomic mass is 9.81. The topological polar surface area (TPSA) is 94.8 Å². The molecular weight excluding hydrogens is 556 g/mol. The molecule has 2 aromatic heterocycles. The Morgan fingerprint density at radius 1 is 1.18 bits per heavy atom. The normalized spacial score (nSPS) is 17.0. The summed E-state index contributed by atoms with van der Waals surface area (Å²) in [5.41, 5.74) is 1.26. The summed E-state index contributed by atoms with van der Waals surface area (Å²) < 4.78 is 66.0. The maximum absolute atomic E-state index is 13.9. The molecule has 40 heavy (non-hydrogen) atoms. The van der Waals surface area contributed by atoms with Crippen molar-refractivity contribution in [1.82, 2.24) is 19.9 Å². The number of carbonyl (C=O) groups excluding carboxylic acids is 2. The number of nitrogens with one attached hydrogen (secondary N) is 1. The first kappa shape index (κ1) is 29.6. The molecule has 1 amide bonds. The van der Waals surface area contributed by atoms with Crippen LogP contribution in [0.4, 0.5) is 22.4 Å². The first-order valence-corrected chi connectivity index (χ1v) is 13.3. The van der Waals surface area contributed by atoms with Gasteiger partial charge in [0, 0.05) is 24.8 Å². The molecule has 1 aliphatic rings. The number of carbonyl (C=O) groups is 2. The Bertz CT molecular complexity index is 1310. The van der Waals surface area contributed by atoms with E-state index in [-0.39, 0.29) is 61.2 Å². The highest BCUT2D eigenvalue weighted by atomic mass is 35.5. The molecule has 1 N–H and O–H groups in total. The van der Waals surface area contributed by atoms with Crippen LogP contribution >= 0.6 is 11.6 Å². The van der Waals surface area contributed by atoms with Crippen molar-refractivity contribution < 1.29 is 36.6 Å². The van der Waals surface area contributed by atoms with Gasteiger partial charge in [-0.25, -0.2) is 31.9 Å². The number of benzene rings is 1. The summed E-state index contributed by atoms with van der Waals surface area (Å²) in [5, 5.41) is 6.74. The number of fused-ring (bicyclic) bond motifs is 1. The molecule has 8 nitrogen and oxygen atoms in total. The maximum Gasteiger partial charge on any atom is 0.408 e. The number of hydrogen-bond donors (Lipinski definition) is 1. The molecule has 0 aliphatic heterocycles. The predicted octanol–water partition coefficient (Wildman–Crippen LogP) is 6.48. The van der Waals surface area contributed by atoms with E-state index < -0.39 is 42.8 Å². The molecule has 1 aliphatic carbocycles. The minimum atomic E-state index is -2.81. The minimum Gasteiger partial charge on any atom is -0.466 e. The zero-order valence-electron chi connectivity index (χ0n) is 21.7. The van der Waals surface area contributed by atoms with Crippen LogP contribution in [0.15, 0.2) is 42.6 Å². The number of imidazole rings is 1. The summed E-state index contributed by atoms with van der Waals surface area (Å²) in [7, 11) is 0. The third kappa shape index (κ3) is 7.41. The van der Waals surface area contributed by atoms with Crippen molar-refractivity contribution in [3.63, 3.8) is 0 Å². The first-order valence-electron chi connectivity index (χ1n) is 12.9. The second kappa shape index (κ2) is 12.8. The standard InChI is InChI=1S/C27H29ClF4N4O4/c1-2-39-25(37)19(12-21(29)30)18-13-22-33-20(14-36(22)35-24(18)28)23(17-8-10-27(31,32)11-9-17)34-26(38)40-15-16-6-4-3-5-7-16/h3-7,13-14,17,19,21,23H,2,8-12,15H2,1H3,(H,34,38)/t19-,23-/m0/s1. The number of nitrogens with zero attached hydrogens (tertiary/aromatic N) is 3. The number of aromatic nitrogens is 3. The number of alkyl carbamates (subject to hydrolysis) is 1. The van der Waals surface area contributed by atoms with Crippen molar-refractivity contribution in [3.05, 3.63) is 64.6 Å². The largest absolute Gasteiger partial charge is 0.466 e. The average molecular weight is 585 g/mol. The lowest BCUT2D eigenvalue weighted by Crippen LogP contribution is -2.37. The molecule has 2 atom stereocenters. The molecule has 1 aromatic carbocycles. The van der Waals surface area contributed by atoms with Crippen LogP contribution in [-0.4, -0.2) is 45.6 Å². The van der Waals surface area contributed by atoms with Gasteiger partial charge < -0.3 is 14.8 Å². The Balaban J connectivity index is 1.62. The van der Waals surface area contributed by atoms with Gasteiger partial charge in [0.25, 0.3) is 0 Å². The lowest BCUT2D eigenvalue weighted by molar-refractivity contribution is -0.146. The van der Waals surface area contributed by atoms with E-state index in [0.717, 1.165) is 5.56 Å². The van der Waals surface area contributed by atoms with Gasteiger partial charge in [-0.1, -0.05) is 41.9 Å². The fourth-order valence-corrected chi connectivity index (χ4v) is 5.09. The van der Waals surface area contributed by atoms with Crippen molar-refractivity contribution in [2.24, 2.45) is 5.92 Å².